The van der Waals surface area contributed by atoms with E-state index in [2.05, 4.69) is 10.4 Å². The molecule has 114 valence electrons. The van der Waals surface area contributed by atoms with Crippen LogP contribution < -0.4 is 14.8 Å². The Morgan fingerprint density at radius 3 is 2.57 bits per heavy atom. The zero-order valence-electron chi connectivity index (χ0n) is 12.8. The van der Waals surface area contributed by atoms with Crippen molar-refractivity contribution in [2.75, 3.05) is 19.5 Å². The molecule has 0 aromatic carbocycles. The topological polar surface area (TPSA) is 74.1 Å². The summed E-state index contributed by atoms with van der Waals surface area (Å²) in [5, 5.41) is 6.81. The van der Waals surface area contributed by atoms with E-state index in [1.54, 1.807) is 50.9 Å². The molecule has 0 radical (unpaired) electrons. The maximum atomic E-state index is 11.9. The van der Waals surface area contributed by atoms with Crippen LogP contribution in [-0.2, 0) is 4.74 Å². The van der Waals surface area contributed by atoms with E-state index in [1.807, 2.05) is 0 Å². The lowest BCUT2D eigenvalue weighted by atomic mass is 10.2. The number of rotatable bonds is 3. The van der Waals surface area contributed by atoms with Crippen molar-refractivity contribution < 1.29 is 19.0 Å². The van der Waals surface area contributed by atoms with Gasteiger partial charge in [-0.1, -0.05) is 0 Å². The van der Waals surface area contributed by atoms with E-state index in [9.17, 15) is 4.79 Å². The average molecular weight is 293 g/mol. The normalized spacial score (nSPS) is 11.3. The lowest BCUT2D eigenvalue weighted by Crippen LogP contribution is -2.27. The van der Waals surface area contributed by atoms with Crippen molar-refractivity contribution in [2.24, 2.45) is 0 Å². The third-order valence-corrected chi connectivity index (χ3v) is 2.66. The van der Waals surface area contributed by atoms with Crippen molar-refractivity contribution in [1.29, 1.82) is 0 Å². The minimum atomic E-state index is -0.574. The first kappa shape index (κ1) is 15.0. The number of nitrogens with zero attached hydrogens (tertiary/aromatic N) is 2. The molecule has 0 aliphatic carbocycles. The summed E-state index contributed by atoms with van der Waals surface area (Å²) in [6, 6.07) is 1.68. The molecule has 0 aliphatic heterocycles. The van der Waals surface area contributed by atoms with Crippen LogP contribution in [0.2, 0.25) is 0 Å². The van der Waals surface area contributed by atoms with Crippen LogP contribution in [0, 0.1) is 0 Å². The summed E-state index contributed by atoms with van der Waals surface area (Å²) >= 11 is 0. The number of hydrogen-bond donors (Lipinski definition) is 1. The van der Waals surface area contributed by atoms with Gasteiger partial charge in [-0.3, -0.25) is 5.32 Å². The Hall–Kier alpha value is -2.44. The maximum Gasteiger partial charge on any atom is 0.412 e. The quantitative estimate of drug-likeness (QED) is 0.941. The van der Waals surface area contributed by atoms with E-state index in [0.717, 1.165) is 0 Å². The molecule has 1 amide bonds. The molecule has 0 atom stereocenters. The minimum Gasteiger partial charge on any atom is -0.493 e. The Morgan fingerprint density at radius 1 is 1.29 bits per heavy atom. The smallest absolute Gasteiger partial charge is 0.412 e. The Kier molecular flexibility index (Phi) is 3.93. The summed E-state index contributed by atoms with van der Waals surface area (Å²) in [7, 11) is 3.06. The zero-order valence-corrected chi connectivity index (χ0v) is 12.8. The Bertz CT molecular complexity index is 658. The van der Waals surface area contributed by atoms with E-state index < -0.39 is 11.7 Å². The third kappa shape index (κ3) is 3.18. The van der Waals surface area contributed by atoms with E-state index in [4.69, 9.17) is 14.2 Å². The van der Waals surface area contributed by atoms with Crippen LogP contribution in [0.4, 0.5) is 10.5 Å². The van der Waals surface area contributed by atoms with Gasteiger partial charge in [-0.25, -0.2) is 9.31 Å². The fourth-order valence-corrected chi connectivity index (χ4v) is 1.89. The molecule has 0 spiro atoms. The summed E-state index contributed by atoms with van der Waals surface area (Å²) in [5.41, 5.74) is 0.544. The molecule has 1 N–H and O–H groups in total. The molecular formula is C14H19N3O4. The van der Waals surface area contributed by atoms with Crippen molar-refractivity contribution in [3.63, 3.8) is 0 Å². The van der Waals surface area contributed by atoms with Crippen LogP contribution in [0.15, 0.2) is 18.5 Å². The molecule has 2 heterocycles. The molecule has 0 saturated carbocycles. The highest BCUT2D eigenvalue weighted by Gasteiger charge is 2.20. The number of fused-ring (bicyclic) bond motifs is 1. The number of ether oxygens (including phenoxy) is 3. The van der Waals surface area contributed by atoms with Crippen molar-refractivity contribution >= 4 is 17.3 Å². The highest BCUT2D eigenvalue weighted by Crippen LogP contribution is 2.35. The molecule has 0 aliphatic rings. The van der Waals surface area contributed by atoms with Gasteiger partial charge in [0.15, 0.2) is 17.0 Å². The number of amides is 1. The highest BCUT2D eigenvalue weighted by molar-refractivity contribution is 5.90. The van der Waals surface area contributed by atoms with Crippen molar-refractivity contribution in [1.82, 2.24) is 9.61 Å². The molecule has 2 rings (SSSR count). The first-order valence-electron chi connectivity index (χ1n) is 6.44. The van der Waals surface area contributed by atoms with Gasteiger partial charge in [0.05, 0.1) is 26.1 Å². The second-order valence-corrected chi connectivity index (χ2v) is 5.40. The van der Waals surface area contributed by atoms with Crippen molar-refractivity contribution in [3.8, 4) is 11.5 Å². The Morgan fingerprint density at radius 2 is 2.00 bits per heavy atom. The Labute approximate surface area is 122 Å². The molecule has 7 heteroatoms. The van der Waals surface area contributed by atoms with Gasteiger partial charge >= 0.3 is 6.09 Å². The van der Waals surface area contributed by atoms with E-state index in [0.29, 0.717) is 22.7 Å². The largest absolute Gasteiger partial charge is 0.493 e. The van der Waals surface area contributed by atoms with E-state index in [-0.39, 0.29) is 0 Å². The van der Waals surface area contributed by atoms with Gasteiger partial charge < -0.3 is 14.2 Å². The molecule has 2 aromatic heterocycles. The Balaban J connectivity index is 2.38. The minimum absolute atomic E-state index is 0.456. The predicted molar refractivity (Wildman–Crippen MR) is 78.2 cm³/mol. The van der Waals surface area contributed by atoms with Crippen LogP contribution in [0.3, 0.4) is 0 Å². The number of nitrogens with one attached hydrogen (secondary N) is 1. The molecule has 21 heavy (non-hydrogen) atoms. The van der Waals surface area contributed by atoms with Crippen LogP contribution in [-0.4, -0.2) is 35.5 Å². The highest BCUT2D eigenvalue weighted by atomic mass is 16.6. The molecule has 7 nitrogen and oxygen atoms in total. The summed E-state index contributed by atoms with van der Waals surface area (Å²) < 4.78 is 17.5. The lowest BCUT2D eigenvalue weighted by molar-refractivity contribution is 0.0635. The summed E-state index contributed by atoms with van der Waals surface area (Å²) in [6.45, 7) is 5.40. The van der Waals surface area contributed by atoms with Gasteiger partial charge in [-0.15, -0.1) is 0 Å². The third-order valence-electron chi connectivity index (χ3n) is 2.66. The monoisotopic (exact) mass is 293 g/mol. The fraction of sp³-hybridized carbons (Fsp3) is 0.429. The number of aromatic nitrogens is 2. The number of carbonyl (C=O) groups excluding carboxylic acids is 1. The SMILES string of the molecule is COc1cnn2ccc(NC(=O)OC(C)(C)C)c(OC)c12. The van der Waals surface area contributed by atoms with E-state index >= 15 is 0 Å². The predicted octanol–water partition coefficient (Wildman–Crippen LogP) is 2.70. The molecule has 0 saturated heterocycles. The first-order chi connectivity index (χ1) is 9.85. The zero-order chi connectivity index (χ0) is 15.6. The van der Waals surface area contributed by atoms with Crippen molar-refractivity contribution in [2.45, 2.75) is 26.4 Å². The summed E-state index contributed by atoms with van der Waals surface area (Å²) in [5.74, 6) is 1.01. The number of pyridine rings is 1. The molecule has 0 unspecified atom stereocenters. The number of hydrogen-bond acceptors (Lipinski definition) is 5. The van der Waals surface area contributed by atoms with Crippen molar-refractivity contribution in [3.05, 3.63) is 18.5 Å². The van der Waals surface area contributed by atoms with Gasteiger partial charge in [0, 0.05) is 6.20 Å². The average Bonchev–Trinajstić information content (AvgIpc) is 2.79. The second-order valence-electron chi connectivity index (χ2n) is 5.40. The van der Waals surface area contributed by atoms with Crippen LogP contribution in [0.25, 0.3) is 5.52 Å². The lowest BCUT2D eigenvalue weighted by Gasteiger charge is -2.20. The van der Waals surface area contributed by atoms with Gasteiger partial charge in [-0.05, 0) is 26.8 Å². The standard InChI is InChI=1S/C14H19N3O4/c1-14(2,3)21-13(18)16-9-6-7-17-11(12(9)20-5)10(19-4)8-15-17/h6-8H,1-5H3,(H,16,18). The molecule has 0 bridgehead atoms. The van der Waals surface area contributed by atoms with Gasteiger partial charge in [0.1, 0.15) is 5.60 Å². The van der Waals surface area contributed by atoms with Crippen LogP contribution >= 0.6 is 0 Å². The van der Waals surface area contributed by atoms with Gasteiger partial charge in [0.2, 0.25) is 0 Å². The van der Waals surface area contributed by atoms with Crippen LogP contribution in [0.1, 0.15) is 20.8 Å². The van der Waals surface area contributed by atoms with Crippen LogP contribution in [0.5, 0.6) is 11.5 Å². The summed E-state index contributed by atoms with van der Waals surface area (Å²) in [6.07, 6.45) is 2.73. The number of carbonyl (C=O) groups is 1. The molecule has 0 fully saturated rings. The second kappa shape index (κ2) is 5.51. The molecule has 2 aromatic rings. The maximum absolute atomic E-state index is 11.9. The first-order valence-corrected chi connectivity index (χ1v) is 6.44. The number of anilines is 1. The van der Waals surface area contributed by atoms with Gasteiger partial charge in [-0.2, -0.15) is 5.10 Å². The fourth-order valence-electron chi connectivity index (χ4n) is 1.89. The number of methoxy groups -OCH3 is 2. The van der Waals surface area contributed by atoms with E-state index in [1.165, 1.54) is 7.11 Å². The van der Waals surface area contributed by atoms with Gasteiger partial charge in [0.25, 0.3) is 0 Å². The molecular weight excluding hydrogens is 274 g/mol. The summed E-state index contributed by atoms with van der Waals surface area (Å²) in [4.78, 5) is 11.9.